The van der Waals surface area contributed by atoms with Crippen molar-refractivity contribution in [1.29, 1.82) is 0 Å². The summed E-state index contributed by atoms with van der Waals surface area (Å²) in [5.74, 6) is -2.03. The first-order valence-electron chi connectivity index (χ1n) is 4.39. The summed E-state index contributed by atoms with van der Waals surface area (Å²) in [6, 6.07) is -0.565. The maximum atomic E-state index is 10.7. The number of piperidine rings is 1. The monoisotopic (exact) mass is 223 g/mol. The van der Waals surface area contributed by atoms with E-state index in [1.165, 1.54) is 0 Å². The predicted octanol–water partition coefficient (Wildman–Crippen LogP) is -4.11. The van der Waals surface area contributed by atoms with Gasteiger partial charge in [0.2, 0.25) is 0 Å². The van der Waals surface area contributed by atoms with Crippen LogP contribution in [0, 0.1) is 5.92 Å². The molecular weight excluding hydrogens is 210 g/mol. The molecule has 1 saturated heterocycles. The maximum absolute atomic E-state index is 10.7. The molecule has 1 fully saturated rings. The Hall–Kier alpha value is -0.810. The molecule has 2 atom stereocenters. The number of hydrogen-bond donors (Lipinski definition) is 3. The SMILES string of the molecule is O=C(O)CC1CCC[NH2+]C1C(=O)O.[Cl-]. The number of rotatable bonds is 3. The van der Waals surface area contributed by atoms with Gasteiger partial charge in [-0.25, -0.2) is 4.79 Å². The van der Waals surface area contributed by atoms with E-state index in [9.17, 15) is 9.59 Å². The van der Waals surface area contributed by atoms with Crippen molar-refractivity contribution in [1.82, 2.24) is 0 Å². The normalized spacial score (nSPS) is 26.3. The van der Waals surface area contributed by atoms with E-state index in [0.29, 0.717) is 6.42 Å². The van der Waals surface area contributed by atoms with Crippen LogP contribution in [0.2, 0.25) is 0 Å². The van der Waals surface area contributed by atoms with Gasteiger partial charge in [0.25, 0.3) is 0 Å². The molecule has 82 valence electrons. The Labute approximate surface area is 87.9 Å². The van der Waals surface area contributed by atoms with Crippen molar-refractivity contribution in [3.63, 3.8) is 0 Å². The van der Waals surface area contributed by atoms with E-state index >= 15 is 0 Å². The lowest BCUT2D eigenvalue weighted by atomic mass is 9.88. The second kappa shape index (κ2) is 5.82. The first-order valence-corrected chi connectivity index (χ1v) is 4.39. The average molecular weight is 224 g/mol. The van der Waals surface area contributed by atoms with E-state index in [4.69, 9.17) is 10.2 Å². The average Bonchev–Trinajstić information content (AvgIpc) is 2.03. The lowest BCUT2D eigenvalue weighted by Crippen LogP contribution is -3.00. The van der Waals surface area contributed by atoms with Crippen LogP contribution >= 0.6 is 0 Å². The Morgan fingerprint density at radius 3 is 2.50 bits per heavy atom. The van der Waals surface area contributed by atoms with Crippen LogP contribution in [0.3, 0.4) is 0 Å². The molecule has 0 bridgehead atoms. The Morgan fingerprint density at radius 1 is 1.36 bits per heavy atom. The Morgan fingerprint density at radius 2 is 2.00 bits per heavy atom. The molecule has 1 heterocycles. The van der Waals surface area contributed by atoms with Crippen LogP contribution in [0.25, 0.3) is 0 Å². The molecule has 1 aliphatic rings. The number of aliphatic carboxylic acids is 2. The molecule has 0 spiro atoms. The molecule has 1 aliphatic heterocycles. The quantitative estimate of drug-likeness (QED) is 0.454. The van der Waals surface area contributed by atoms with Crippen LogP contribution in [0.15, 0.2) is 0 Å². The highest BCUT2D eigenvalue weighted by atomic mass is 35.5. The van der Waals surface area contributed by atoms with Crippen molar-refractivity contribution in [3.8, 4) is 0 Å². The van der Waals surface area contributed by atoms with Crippen LogP contribution in [0.1, 0.15) is 19.3 Å². The Kier molecular flexibility index (Phi) is 5.49. The number of carboxylic acids is 2. The highest BCUT2D eigenvalue weighted by Crippen LogP contribution is 2.16. The van der Waals surface area contributed by atoms with E-state index in [1.54, 1.807) is 5.32 Å². The van der Waals surface area contributed by atoms with Crippen molar-refractivity contribution in [2.75, 3.05) is 6.54 Å². The second-order valence-corrected chi connectivity index (χ2v) is 3.39. The number of carboxylic acid groups (broad SMARTS) is 2. The maximum Gasteiger partial charge on any atom is 0.362 e. The molecule has 0 aromatic rings. The number of carbonyl (C=O) groups is 2. The van der Waals surface area contributed by atoms with Crippen molar-refractivity contribution < 1.29 is 37.5 Å². The fourth-order valence-electron chi connectivity index (χ4n) is 1.81. The van der Waals surface area contributed by atoms with E-state index in [2.05, 4.69) is 0 Å². The molecule has 0 aromatic heterocycles. The van der Waals surface area contributed by atoms with E-state index in [-0.39, 0.29) is 24.7 Å². The van der Waals surface area contributed by atoms with E-state index in [0.717, 1.165) is 13.0 Å². The van der Waals surface area contributed by atoms with Gasteiger partial charge in [-0.15, -0.1) is 0 Å². The van der Waals surface area contributed by atoms with Crippen LogP contribution < -0.4 is 17.7 Å². The molecule has 0 amide bonds. The number of halogens is 1. The van der Waals surface area contributed by atoms with E-state index in [1.807, 2.05) is 0 Å². The summed E-state index contributed by atoms with van der Waals surface area (Å²) >= 11 is 0. The summed E-state index contributed by atoms with van der Waals surface area (Å²) in [4.78, 5) is 21.2. The minimum atomic E-state index is -0.911. The number of hydrogen-bond acceptors (Lipinski definition) is 2. The molecular formula is C8H14ClNO4. The van der Waals surface area contributed by atoms with Gasteiger partial charge in [-0.05, 0) is 12.8 Å². The van der Waals surface area contributed by atoms with Crippen molar-refractivity contribution in [2.24, 2.45) is 5.92 Å². The Balaban J connectivity index is 0.00000169. The summed E-state index contributed by atoms with van der Waals surface area (Å²) in [6.45, 7) is 0.785. The molecule has 4 N–H and O–H groups in total. The topological polar surface area (TPSA) is 91.2 Å². The largest absolute Gasteiger partial charge is 1.00 e. The molecule has 1 rings (SSSR count). The Bertz CT molecular complexity index is 221. The molecule has 0 radical (unpaired) electrons. The standard InChI is InChI=1S/C8H13NO4.ClH/c10-6(11)4-5-2-1-3-9-7(5)8(12)13;/h5,7,9H,1-4H2,(H,10,11)(H,12,13);1H. The van der Waals surface area contributed by atoms with Crippen LogP contribution in [0.4, 0.5) is 0 Å². The molecule has 0 saturated carbocycles. The summed E-state index contributed by atoms with van der Waals surface area (Å²) < 4.78 is 0. The van der Waals surface area contributed by atoms with Gasteiger partial charge in [0.05, 0.1) is 13.0 Å². The third-order valence-corrected chi connectivity index (χ3v) is 2.43. The van der Waals surface area contributed by atoms with Gasteiger partial charge in [0.1, 0.15) is 0 Å². The highest BCUT2D eigenvalue weighted by Gasteiger charge is 2.35. The number of nitrogens with two attached hydrogens (primary N) is 1. The molecule has 2 unspecified atom stereocenters. The zero-order valence-electron chi connectivity index (χ0n) is 7.65. The lowest BCUT2D eigenvalue weighted by Gasteiger charge is -2.25. The van der Waals surface area contributed by atoms with Crippen LogP contribution in [0.5, 0.6) is 0 Å². The lowest BCUT2D eigenvalue weighted by molar-refractivity contribution is -0.693. The van der Waals surface area contributed by atoms with E-state index < -0.39 is 18.0 Å². The van der Waals surface area contributed by atoms with Gasteiger partial charge >= 0.3 is 11.9 Å². The van der Waals surface area contributed by atoms with Gasteiger partial charge in [-0.2, -0.15) is 0 Å². The molecule has 14 heavy (non-hydrogen) atoms. The zero-order chi connectivity index (χ0) is 9.84. The summed E-state index contributed by atoms with van der Waals surface area (Å²) in [7, 11) is 0. The smallest absolute Gasteiger partial charge is 0.362 e. The van der Waals surface area contributed by atoms with Crippen molar-refractivity contribution in [2.45, 2.75) is 25.3 Å². The van der Waals surface area contributed by atoms with Gasteiger partial charge in [-0.1, -0.05) is 0 Å². The van der Waals surface area contributed by atoms with Gasteiger partial charge < -0.3 is 27.9 Å². The molecule has 5 nitrogen and oxygen atoms in total. The minimum absolute atomic E-state index is 0. The molecule has 0 aromatic carbocycles. The third-order valence-electron chi connectivity index (χ3n) is 2.43. The van der Waals surface area contributed by atoms with Crippen LogP contribution in [-0.4, -0.2) is 34.7 Å². The van der Waals surface area contributed by atoms with Gasteiger partial charge in [0.15, 0.2) is 6.04 Å². The summed E-state index contributed by atoms with van der Waals surface area (Å²) in [6.07, 6.45) is 1.58. The minimum Gasteiger partial charge on any atom is -1.00 e. The van der Waals surface area contributed by atoms with Gasteiger partial charge in [0, 0.05) is 5.92 Å². The fourth-order valence-corrected chi connectivity index (χ4v) is 1.81. The highest BCUT2D eigenvalue weighted by molar-refractivity contribution is 5.74. The molecule has 0 aliphatic carbocycles. The summed E-state index contributed by atoms with van der Waals surface area (Å²) in [5.41, 5.74) is 0. The van der Waals surface area contributed by atoms with Crippen LogP contribution in [-0.2, 0) is 9.59 Å². The molecule has 6 heteroatoms. The zero-order valence-corrected chi connectivity index (χ0v) is 8.41. The first kappa shape index (κ1) is 13.2. The fraction of sp³-hybridized carbons (Fsp3) is 0.750. The van der Waals surface area contributed by atoms with Crippen molar-refractivity contribution >= 4 is 11.9 Å². The second-order valence-electron chi connectivity index (χ2n) is 3.39. The first-order chi connectivity index (χ1) is 6.11. The summed E-state index contributed by atoms with van der Waals surface area (Å²) in [5, 5.41) is 19.1. The number of quaternary nitrogens is 1. The van der Waals surface area contributed by atoms with Crippen molar-refractivity contribution in [3.05, 3.63) is 0 Å². The third kappa shape index (κ3) is 3.51. The van der Waals surface area contributed by atoms with Gasteiger partial charge in [-0.3, -0.25) is 4.79 Å². The predicted molar refractivity (Wildman–Crippen MR) is 43.2 cm³/mol.